The molecule has 3 aliphatic rings. The van der Waals surface area contributed by atoms with E-state index in [1.165, 1.54) is 29.2 Å². The van der Waals surface area contributed by atoms with Gasteiger partial charge >= 0.3 is 12.1 Å². The van der Waals surface area contributed by atoms with Gasteiger partial charge in [-0.05, 0) is 87.6 Å². The summed E-state index contributed by atoms with van der Waals surface area (Å²) < 4.78 is 5.43. The number of carbonyl (C=O) groups excluding carboxylic acids is 4. The summed E-state index contributed by atoms with van der Waals surface area (Å²) in [4.78, 5) is 59.7. The van der Waals surface area contributed by atoms with E-state index in [9.17, 15) is 29.1 Å². The average Bonchev–Trinajstić information content (AvgIpc) is 3.44. The number of aliphatic carboxylic acids is 1. The smallest absolute Gasteiger partial charge is 0.407 e. The molecule has 266 valence electrons. The molecule has 1 unspecified atom stereocenters. The number of amides is 4. The van der Waals surface area contributed by atoms with Crippen molar-refractivity contribution in [2.45, 2.75) is 70.3 Å². The molecule has 4 N–H and O–H groups in total. The van der Waals surface area contributed by atoms with Crippen LogP contribution in [-0.4, -0.2) is 85.8 Å². The zero-order valence-electron chi connectivity index (χ0n) is 28.6. The molecule has 2 fully saturated rings. The number of hydrogen-bond acceptors (Lipinski definition) is 7. The molecule has 1 saturated heterocycles. The van der Waals surface area contributed by atoms with E-state index in [0.29, 0.717) is 64.8 Å². The maximum Gasteiger partial charge on any atom is 0.407 e. The van der Waals surface area contributed by atoms with Crippen molar-refractivity contribution in [1.82, 2.24) is 20.9 Å². The zero-order chi connectivity index (χ0) is 35.8. The Morgan fingerprint density at radius 3 is 1.98 bits per heavy atom. The number of piperidine rings is 1. The Morgan fingerprint density at radius 1 is 0.878 bits per heavy atom. The highest BCUT2D eigenvalue weighted by Crippen LogP contribution is 2.44. The van der Waals surface area contributed by atoms with E-state index < -0.39 is 18.1 Å². The van der Waals surface area contributed by atoms with Crippen LogP contribution in [0.5, 0.6) is 0 Å². The van der Waals surface area contributed by atoms with Crippen LogP contribution in [0.3, 0.4) is 0 Å². The van der Waals surface area contributed by atoms with E-state index in [-0.39, 0.29) is 35.5 Å². The predicted molar refractivity (Wildman–Crippen MR) is 193 cm³/mol. The normalized spacial score (nSPS) is 19.4. The zero-order valence-corrected chi connectivity index (χ0v) is 30.3. The van der Waals surface area contributed by atoms with Crippen molar-refractivity contribution in [3.05, 3.63) is 59.7 Å². The highest BCUT2D eigenvalue weighted by atomic mass is 32.4. The van der Waals surface area contributed by atoms with Gasteiger partial charge in [0.25, 0.3) is 0 Å². The standard InChI is InChI=1S/C20H22N2O3.C15H24N2O4.CH3PS/c1-14(23)21-11-6-12-22-20(24)25-13-19-17-9-4-2-7-15(17)16-8-3-5-10-18(16)19;1-16-13(18)10-5-7-11(8-6-10)14(19)17-9-3-2-4-12(17)15(20)21;1-2-3/h2-5,7-10,19H,6,11-13H2,1H3,(H,21,23)(H,22,24);10-12H,2-9H2,1H3,(H,16,18)(H,20,21);1H3. The van der Waals surface area contributed by atoms with E-state index >= 15 is 0 Å². The summed E-state index contributed by atoms with van der Waals surface area (Å²) in [5, 5.41) is 17.3. The van der Waals surface area contributed by atoms with Gasteiger partial charge in [-0.15, -0.1) is 0 Å². The average molecular weight is 713 g/mol. The van der Waals surface area contributed by atoms with E-state index in [2.05, 4.69) is 52.0 Å². The largest absolute Gasteiger partial charge is 0.480 e. The number of nitrogens with one attached hydrogen (secondary N) is 3. The Bertz CT molecular complexity index is 1400. The van der Waals surface area contributed by atoms with E-state index in [1.54, 1.807) is 11.9 Å². The molecule has 1 aliphatic heterocycles. The summed E-state index contributed by atoms with van der Waals surface area (Å²) in [6.07, 6.45) is 5.32. The molecule has 13 heteroatoms. The van der Waals surface area contributed by atoms with Crippen molar-refractivity contribution in [1.29, 1.82) is 0 Å². The van der Waals surface area contributed by atoms with Crippen molar-refractivity contribution < 1.29 is 33.8 Å². The molecule has 11 nitrogen and oxygen atoms in total. The minimum absolute atomic E-state index is 0.00400. The molecule has 1 heterocycles. The molecule has 2 aromatic rings. The van der Waals surface area contributed by atoms with Crippen LogP contribution >= 0.6 is 7.36 Å². The molecule has 0 spiro atoms. The van der Waals surface area contributed by atoms with Gasteiger partial charge in [0.15, 0.2) is 0 Å². The number of fused-ring (bicyclic) bond motifs is 3. The molecule has 0 radical (unpaired) electrons. The van der Waals surface area contributed by atoms with Crippen LogP contribution in [0.2, 0.25) is 0 Å². The van der Waals surface area contributed by atoms with Crippen molar-refractivity contribution in [3.63, 3.8) is 0 Å². The number of alkyl carbamates (subject to hydrolysis) is 1. The topological polar surface area (TPSA) is 154 Å². The van der Waals surface area contributed by atoms with Crippen LogP contribution in [0.1, 0.15) is 75.3 Å². The van der Waals surface area contributed by atoms with E-state index in [0.717, 1.165) is 20.2 Å². The lowest BCUT2D eigenvalue weighted by Crippen LogP contribution is -2.50. The molecular formula is C36H49N4O7PS. The van der Waals surface area contributed by atoms with Gasteiger partial charge in [-0.1, -0.05) is 60.3 Å². The molecule has 1 saturated carbocycles. The molecule has 2 aliphatic carbocycles. The summed E-state index contributed by atoms with van der Waals surface area (Å²) in [5.74, 6) is -1.01. The monoisotopic (exact) mass is 712 g/mol. The van der Waals surface area contributed by atoms with Gasteiger partial charge in [0.1, 0.15) is 12.6 Å². The maximum atomic E-state index is 12.6. The third kappa shape index (κ3) is 11.6. The molecule has 0 bridgehead atoms. The fourth-order valence-corrected chi connectivity index (χ4v) is 6.69. The van der Waals surface area contributed by atoms with Crippen LogP contribution < -0.4 is 16.0 Å². The minimum Gasteiger partial charge on any atom is -0.480 e. The van der Waals surface area contributed by atoms with Gasteiger partial charge in [0.2, 0.25) is 17.7 Å². The molecule has 1 atom stereocenters. The lowest BCUT2D eigenvalue weighted by Gasteiger charge is -2.37. The van der Waals surface area contributed by atoms with Crippen molar-refractivity contribution in [3.8, 4) is 11.1 Å². The number of benzene rings is 2. The Morgan fingerprint density at radius 2 is 1.43 bits per heavy atom. The Labute approximate surface area is 295 Å². The number of carboxylic acid groups (broad SMARTS) is 1. The van der Waals surface area contributed by atoms with Crippen molar-refractivity contribution in [2.24, 2.45) is 11.8 Å². The third-order valence-corrected chi connectivity index (χ3v) is 9.11. The summed E-state index contributed by atoms with van der Waals surface area (Å²) in [5.41, 5.74) is 4.81. The maximum absolute atomic E-state index is 12.6. The van der Waals surface area contributed by atoms with Gasteiger partial charge in [-0.25, -0.2) is 9.59 Å². The lowest BCUT2D eigenvalue weighted by molar-refractivity contribution is -0.154. The first kappa shape index (κ1) is 39.5. The van der Waals surface area contributed by atoms with Gasteiger partial charge in [-0.3, -0.25) is 14.4 Å². The van der Waals surface area contributed by atoms with Crippen LogP contribution in [0, 0.1) is 11.8 Å². The highest BCUT2D eigenvalue weighted by Gasteiger charge is 2.37. The first-order valence-electron chi connectivity index (χ1n) is 16.9. The van der Waals surface area contributed by atoms with E-state index in [4.69, 9.17) is 4.74 Å². The molecule has 2 aromatic carbocycles. The van der Waals surface area contributed by atoms with Gasteiger partial charge in [-0.2, -0.15) is 0 Å². The molecular weight excluding hydrogens is 663 g/mol. The number of hydrogen-bond donors (Lipinski definition) is 4. The number of rotatable bonds is 9. The third-order valence-electron chi connectivity index (χ3n) is 9.11. The summed E-state index contributed by atoms with van der Waals surface area (Å²) >= 11 is 4.37. The fourth-order valence-electron chi connectivity index (χ4n) is 6.69. The molecule has 0 aromatic heterocycles. The van der Waals surface area contributed by atoms with Crippen LogP contribution in [-0.2, 0) is 35.7 Å². The number of nitrogens with zero attached hydrogens (tertiary/aromatic N) is 1. The van der Waals surface area contributed by atoms with Crippen LogP contribution in [0.4, 0.5) is 4.79 Å². The van der Waals surface area contributed by atoms with Gasteiger partial charge in [0.05, 0.1) is 0 Å². The minimum atomic E-state index is -0.901. The van der Waals surface area contributed by atoms with Gasteiger partial charge < -0.3 is 30.7 Å². The summed E-state index contributed by atoms with van der Waals surface area (Å²) in [7, 11) is 2.63. The SMILES string of the molecule is CC(=O)NCCCNC(=O)OCC1c2ccccc2-c2ccccc21.CNC(=O)C1CCC(C(=O)N2CCCCC2C(=O)O)CC1.CP=S. The molecule has 49 heavy (non-hydrogen) atoms. The van der Waals surface area contributed by atoms with Crippen LogP contribution in [0.25, 0.3) is 11.1 Å². The first-order chi connectivity index (χ1) is 23.6. The Kier molecular flexibility index (Phi) is 16.6. The Hall–Kier alpha value is -3.89. The van der Waals surface area contributed by atoms with Crippen molar-refractivity contribution >= 4 is 48.9 Å². The Balaban J connectivity index is 0.000000249. The number of carboxylic acids is 1. The summed E-state index contributed by atoms with van der Waals surface area (Å²) in [6.45, 7) is 5.25. The predicted octanol–water partition coefficient (Wildman–Crippen LogP) is 5.08. The second kappa shape index (κ2) is 20.6. The van der Waals surface area contributed by atoms with E-state index in [1.807, 2.05) is 30.9 Å². The van der Waals surface area contributed by atoms with Crippen molar-refractivity contribution in [2.75, 3.05) is 40.0 Å². The lowest BCUT2D eigenvalue weighted by atomic mass is 9.80. The molecule has 4 amide bonds. The number of ether oxygens (including phenoxy) is 1. The quantitative estimate of drug-likeness (QED) is 0.208. The highest BCUT2D eigenvalue weighted by molar-refractivity contribution is 7.96. The fraction of sp³-hybridized carbons (Fsp3) is 0.528. The number of likely N-dealkylation sites (tertiary alicyclic amines) is 1. The second-order valence-electron chi connectivity index (χ2n) is 12.3. The second-order valence-corrected chi connectivity index (χ2v) is 13.8. The van der Waals surface area contributed by atoms with Crippen LogP contribution in [0.15, 0.2) is 48.5 Å². The first-order valence-corrected chi connectivity index (χ1v) is 19.3. The van der Waals surface area contributed by atoms with Gasteiger partial charge in [0, 0.05) is 51.4 Å². The number of carbonyl (C=O) groups is 5. The summed E-state index contributed by atoms with van der Waals surface area (Å²) in [6, 6.07) is 15.8. The molecule has 5 rings (SSSR count).